The summed E-state index contributed by atoms with van der Waals surface area (Å²) in [4.78, 5) is 16.5. The first-order chi connectivity index (χ1) is 18.6. The number of nitrogens with two attached hydrogens (primary N) is 2. The van der Waals surface area contributed by atoms with Gasteiger partial charge in [0, 0.05) is 24.7 Å². The van der Waals surface area contributed by atoms with Crippen molar-refractivity contribution >= 4 is 27.3 Å². The van der Waals surface area contributed by atoms with Crippen LogP contribution >= 0.6 is 0 Å². The number of carbonyl (C=O) groups excluding carboxylic acids is 1. The van der Waals surface area contributed by atoms with Gasteiger partial charge in [0.2, 0.25) is 15.9 Å². The van der Waals surface area contributed by atoms with E-state index in [1.165, 1.54) is 43.5 Å². The predicted molar refractivity (Wildman–Crippen MR) is 151 cm³/mol. The highest BCUT2D eigenvalue weighted by Crippen LogP contribution is 2.23. The van der Waals surface area contributed by atoms with Gasteiger partial charge in [0.15, 0.2) is 0 Å². The minimum Gasteiger partial charge on any atom is -0.398 e. The first kappa shape index (κ1) is 33.9. The highest BCUT2D eigenvalue weighted by atomic mass is 32.2. The molecule has 2 atom stereocenters. The fourth-order valence-corrected chi connectivity index (χ4v) is 3.62. The van der Waals surface area contributed by atoms with Crippen molar-refractivity contribution in [1.29, 1.82) is 0 Å². The van der Waals surface area contributed by atoms with Crippen molar-refractivity contribution in [3.05, 3.63) is 78.2 Å². The van der Waals surface area contributed by atoms with Crippen LogP contribution in [0.15, 0.2) is 82.2 Å². The second-order valence-corrected chi connectivity index (χ2v) is 11.0. The molecule has 0 bridgehead atoms. The molecule has 40 heavy (non-hydrogen) atoms. The molecule has 0 radical (unpaired) electrons. The number of sulfonamides is 1. The summed E-state index contributed by atoms with van der Waals surface area (Å²) in [7, 11) is -2.34. The molecular formula is C25H37FN8O5S. The summed E-state index contributed by atoms with van der Waals surface area (Å²) < 4.78 is 38.4. The van der Waals surface area contributed by atoms with Crippen molar-refractivity contribution in [2.45, 2.75) is 38.9 Å². The molecule has 0 saturated heterocycles. The molecule has 1 aromatic rings. The summed E-state index contributed by atoms with van der Waals surface area (Å²) in [5.41, 5.74) is 9.98. The van der Waals surface area contributed by atoms with Gasteiger partial charge < -0.3 is 27.1 Å². The largest absolute Gasteiger partial charge is 0.398 e. The van der Waals surface area contributed by atoms with Crippen molar-refractivity contribution in [3.8, 4) is 0 Å². The third kappa shape index (κ3) is 11.3. The third-order valence-corrected chi connectivity index (χ3v) is 6.54. The van der Waals surface area contributed by atoms with Crippen LogP contribution in [0.2, 0.25) is 0 Å². The van der Waals surface area contributed by atoms with Gasteiger partial charge >= 0.3 is 0 Å². The van der Waals surface area contributed by atoms with E-state index in [1.807, 2.05) is 0 Å². The minimum absolute atomic E-state index is 0.0125. The third-order valence-electron chi connectivity index (χ3n) is 5.33. The zero-order chi connectivity index (χ0) is 30.6. The molecule has 0 heterocycles. The zero-order valence-corrected chi connectivity index (χ0v) is 23.7. The monoisotopic (exact) mass is 580 g/mol. The van der Waals surface area contributed by atoms with E-state index in [9.17, 15) is 27.8 Å². The fourth-order valence-electron chi connectivity index (χ4n) is 3.20. The summed E-state index contributed by atoms with van der Waals surface area (Å²) in [6, 6.07) is 5.38. The van der Waals surface area contributed by atoms with Gasteiger partial charge in [0.1, 0.15) is 17.5 Å². The first-order valence-electron chi connectivity index (χ1n) is 11.9. The summed E-state index contributed by atoms with van der Waals surface area (Å²) in [6.07, 6.45) is 0.789. The predicted octanol–water partition coefficient (Wildman–Crippen LogP) is 1.43. The van der Waals surface area contributed by atoms with Crippen LogP contribution in [0.1, 0.15) is 32.3 Å². The number of hydrogen-bond donors (Lipinski definition) is 6. The van der Waals surface area contributed by atoms with Gasteiger partial charge in [-0.2, -0.15) is 0 Å². The molecule has 0 fully saturated rings. The Morgan fingerprint density at radius 2 is 1.82 bits per heavy atom. The van der Waals surface area contributed by atoms with E-state index >= 15 is 0 Å². The van der Waals surface area contributed by atoms with Crippen LogP contribution in [-0.2, 0) is 14.8 Å². The van der Waals surface area contributed by atoms with E-state index in [1.54, 1.807) is 13.8 Å². The van der Waals surface area contributed by atoms with Crippen LogP contribution in [0.5, 0.6) is 0 Å². The van der Waals surface area contributed by atoms with Crippen LogP contribution in [-0.4, -0.2) is 60.1 Å². The highest BCUT2D eigenvalue weighted by molar-refractivity contribution is 7.88. The molecule has 1 rings (SSSR count). The lowest BCUT2D eigenvalue weighted by molar-refractivity contribution is -0.122. The Balaban J connectivity index is 3.31. The molecule has 0 aliphatic carbocycles. The van der Waals surface area contributed by atoms with Crippen molar-refractivity contribution in [2.24, 2.45) is 32.9 Å². The lowest BCUT2D eigenvalue weighted by Gasteiger charge is -2.20. The lowest BCUT2D eigenvalue weighted by Crippen LogP contribution is -2.32. The number of allylic oxidation sites excluding steroid dienone is 2. The van der Waals surface area contributed by atoms with Gasteiger partial charge in [-0.15, -0.1) is 0 Å². The topological polar surface area (TPSA) is 208 Å². The number of aliphatic imine (C=N–C) groups is 1. The number of nitrogens with zero attached hydrogens (tertiary/aromatic N) is 4. The molecule has 13 nitrogen and oxygen atoms in total. The van der Waals surface area contributed by atoms with Crippen LogP contribution in [0, 0.1) is 11.7 Å². The van der Waals surface area contributed by atoms with E-state index in [-0.39, 0.29) is 36.1 Å². The molecular weight excluding hydrogens is 543 g/mol. The van der Waals surface area contributed by atoms with Gasteiger partial charge in [-0.05, 0) is 35.7 Å². The van der Waals surface area contributed by atoms with Crippen molar-refractivity contribution in [3.63, 3.8) is 0 Å². The summed E-state index contributed by atoms with van der Waals surface area (Å²) in [6.45, 7) is 10.8. The molecule has 0 aliphatic heterocycles. The van der Waals surface area contributed by atoms with Crippen molar-refractivity contribution in [2.75, 3.05) is 13.3 Å². The maximum Gasteiger partial charge on any atom is 0.233 e. The lowest BCUT2D eigenvalue weighted by atomic mass is 9.94. The summed E-state index contributed by atoms with van der Waals surface area (Å²) in [5.74, 6) is 3.39. The Labute approximate surface area is 233 Å². The molecule has 0 unspecified atom stereocenters. The number of aliphatic hydroxyl groups is 2. The molecule has 0 saturated carbocycles. The van der Waals surface area contributed by atoms with Crippen LogP contribution in [0.3, 0.4) is 0 Å². The van der Waals surface area contributed by atoms with E-state index in [0.29, 0.717) is 16.8 Å². The fraction of sp³-hybridized carbons (Fsp3) is 0.360. The zero-order valence-electron chi connectivity index (χ0n) is 22.9. The number of nitrogens with one attached hydrogen (secondary N) is 2. The standard InChI is InChI=1S/C25H37FN8O5S/c1-15(2)25(30-17(4)34(5)40(6,38)39)22(24(27)18-7-9-19(26)10-8-18)12-11-20(35)13-21(36)14-23(37)29-16(3)31-33-32-28/h7-12,15,20-21,35-36H,3-4,13-14,27H2,1-2,5-6H3,(H2,28,33)(H,29,37)(H,31,32)/b12-11+,24-22-,30-25-/t20-,21+/m0/s1. The van der Waals surface area contributed by atoms with Crippen molar-refractivity contribution in [1.82, 2.24) is 15.0 Å². The number of carbonyl (C=O) groups is 1. The minimum atomic E-state index is -3.64. The quantitative estimate of drug-likeness (QED) is 0.0586. The molecule has 1 amide bonds. The molecule has 0 spiro atoms. The molecule has 220 valence electrons. The van der Waals surface area contributed by atoms with Gasteiger partial charge in [-0.3, -0.25) is 9.10 Å². The van der Waals surface area contributed by atoms with Crippen LogP contribution in [0.4, 0.5) is 4.39 Å². The Kier molecular flexibility index (Phi) is 13.2. The molecule has 0 aliphatic rings. The Bertz CT molecular complexity index is 1290. The van der Waals surface area contributed by atoms with E-state index in [0.717, 1.165) is 10.6 Å². The van der Waals surface area contributed by atoms with Crippen LogP contribution in [0.25, 0.3) is 5.70 Å². The van der Waals surface area contributed by atoms with E-state index in [2.05, 4.69) is 39.3 Å². The summed E-state index contributed by atoms with van der Waals surface area (Å²) >= 11 is 0. The number of rotatable bonds is 15. The molecule has 0 aromatic heterocycles. The number of aliphatic hydroxyl groups excluding tert-OH is 2. The smallest absolute Gasteiger partial charge is 0.233 e. The first-order valence-corrected chi connectivity index (χ1v) is 13.8. The molecule has 1 aromatic carbocycles. The SMILES string of the molecule is C=C(N/N=N\N)NC(=O)C[C@H](O)C[C@@H](O)/C=C/C(C(=N\C(=C)N(C)S(C)(=O)=O)/C(C)C)=C(/N)c1ccc(F)cc1. The van der Waals surface area contributed by atoms with Crippen molar-refractivity contribution < 1.29 is 27.8 Å². The van der Waals surface area contributed by atoms with Gasteiger partial charge in [-0.25, -0.2) is 23.2 Å². The normalized spacial score (nSPS) is 14.7. The molecule has 15 heteroatoms. The Hall–Kier alpha value is -4.08. The Morgan fingerprint density at radius 1 is 1.23 bits per heavy atom. The second kappa shape index (κ2) is 15.5. The molecule has 8 N–H and O–H groups in total. The number of benzene rings is 1. The van der Waals surface area contributed by atoms with Crippen LogP contribution < -0.4 is 22.3 Å². The number of amides is 1. The second-order valence-electron chi connectivity index (χ2n) is 9.01. The number of hydrogen-bond acceptors (Lipinski definition) is 9. The maximum atomic E-state index is 13.5. The van der Waals surface area contributed by atoms with E-state index < -0.39 is 34.0 Å². The Morgan fingerprint density at radius 3 is 2.35 bits per heavy atom. The summed E-state index contributed by atoms with van der Waals surface area (Å²) in [5, 5.41) is 29.4. The maximum absolute atomic E-state index is 13.5. The van der Waals surface area contributed by atoms with Gasteiger partial charge in [0.25, 0.3) is 0 Å². The highest BCUT2D eigenvalue weighted by Gasteiger charge is 2.20. The van der Waals surface area contributed by atoms with Gasteiger partial charge in [-0.1, -0.05) is 49.6 Å². The van der Waals surface area contributed by atoms with Gasteiger partial charge in [0.05, 0.1) is 30.6 Å². The number of halogens is 1. The van der Waals surface area contributed by atoms with E-state index in [4.69, 9.17) is 11.6 Å². The average molecular weight is 581 g/mol. The average Bonchev–Trinajstić information content (AvgIpc) is 2.85.